The van der Waals surface area contributed by atoms with Crippen LogP contribution >= 0.6 is 0 Å². The third-order valence-corrected chi connectivity index (χ3v) is 2.66. The monoisotopic (exact) mass is 276 g/mol. The highest BCUT2D eigenvalue weighted by molar-refractivity contribution is 5.91. The van der Waals surface area contributed by atoms with Gasteiger partial charge in [0.15, 0.2) is 11.6 Å². The molecule has 0 aromatic heterocycles. The first-order valence-corrected chi connectivity index (χ1v) is 5.84. The number of ether oxygens (including phenoxy) is 3. The van der Waals surface area contributed by atoms with E-state index in [0.29, 0.717) is 11.3 Å². The summed E-state index contributed by atoms with van der Waals surface area (Å²) in [6, 6.07) is 10.4. The molecule has 0 radical (unpaired) electrons. The Balaban J connectivity index is 2.12. The van der Waals surface area contributed by atoms with E-state index in [-0.39, 0.29) is 11.5 Å². The number of methoxy groups -OCH3 is 2. The van der Waals surface area contributed by atoms with Gasteiger partial charge in [0.2, 0.25) is 0 Å². The zero-order valence-electron chi connectivity index (χ0n) is 11.1. The second-order valence-corrected chi connectivity index (χ2v) is 3.91. The standard InChI is InChI=1S/C15H13FO4/c1-18-11-5-3-10(4-6-11)15(17)20-12-7-8-14(19-2)13(16)9-12/h3-9H,1-2H3. The van der Waals surface area contributed by atoms with Crippen molar-refractivity contribution in [3.63, 3.8) is 0 Å². The van der Waals surface area contributed by atoms with Crippen LogP contribution in [0.5, 0.6) is 17.2 Å². The molecule has 0 spiro atoms. The number of esters is 1. The predicted octanol–water partition coefficient (Wildman–Crippen LogP) is 3.06. The molecule has 0 bridgehead atoms. The molecular weight excluding hydrogens is 263 g/mol. The molecule has 0 aliphatic carbocycles. The van der Waals surface area contributed by atoms with Crippen molar-refractivity contribution in [3.05, 3.63) is 53.8 Å². The zero-order valence-corrected chi connectivity index (χ0v) is 11.1. The molecule has 2 rings (SSSR count). The molecule has 104 valence electrons. The molecule has 2 aromatic carbocycles. The molecule has 20 heavy (non-hydrogen) atoms. The lowest BCUT2D eigenvalue weighted by Gasteiger charge is -2.07. The lowest BCUT2D eigenvalue weighted by atomic mass is 10.2. The van der Waals surface area contributed by atoms with Crippen molar-refractivity contribution in [2.45, 2.75) is 0 Å². The second-order valence-electron chi connectivity index (χ2n) is 3.91. The van der Waals surface area contributed by atoms with E-state index in [9.17, 15) is 9.18 Å². The number of carbonyl (C=O) groups excluding carboxylic acids is 1. The maximum Gasteiger partial charge on any atom is 0.343 e. The largest absolute Gasteiger partial charge is 0.497 e. The lowest BCUT2D eigenvalue weighted by molar-refractivity contribution is 0.0734. The number of benzene rings is 2. The summed E-state index contributed by atoms with van der Waals surface area (Å²) in [6.07, 6.45) is 0. The summed E-state index contributed by atoms with van der Waals surface area (Å²) in [5.41, 5.74) is 0.349. The fourth-order valence-corrected chi connectivity index (χ4v) is 1.60. The Labute approximate surface area is 115 Å². The van der Waals surface area contributed by atoms with E-state index in [2.05, 4.69) is 0 Å². The van der Waals surface area contributed by atoms with Gasteiger partial charge in [0.25, 0.3) is 0 Å². The van der Waals surface area contributed by atoms with Gasteiger partial charge in [-0.1, -0.05) is 0 Å². The van der Waals surface area contributed by atoms with Crippen LogP contribution in [0.15, 0.2) is 42.5 Å². The van der Waals surface area contributed by atoms with Gasteiger partial charge in [0, 0.05) is 6.07 Å². The molecule has 0 atom stereocenters. The van der Waals surface area contributed by atoms with Crippen molar-refractivity contribution in [1.82, 2.24) is 0 Å². The van der Waals surface area contributed by atoms with Gasteiger partial charge < -0.3 is 14.2 Å². The molecule has 2 aromatic rings. The Morgan fingerprint density at radius 1 is 0.950 bits per heavy atom. The number of carbonyl (C=O) groups is 1. The Kier molecular flexibility index (Phi) is 4.20. The van der Waals surface area contributed by atoms with Crippen molar-refractivity contribution in [1.29, 1.82) is 0 Å². The third-order valence-electron chi connectivity index (χ3n) is 2.66. The molecule has 5 heteroatoms. The van der Waals surface area contributed by atoms with Crippen LogP contribution in [0.3, 0.4) is 0 Å². The fraction of sp³-hybridized carbons (Fsp3) is 0.133. The van der Waals surface area contributed by atoms with Crippen molar-refractivity contribution in [2.75, 3.05) is 14.2 Å². The lowest BCUT2D eigenvalue weighted by Crippen LogP contribution is -2.08. The van der Waals surface area contributed by atoms with E-state index in [1.54, 1.807) is 24.3 Å². The smallest absolute Gasteiger partial charge is 0.343 e. The Morgan fingerprint density at radius 2 is 1.60 bits per heavy atom. The molecular formula is C15H13FO4. The molecule has 0 saturated carbocycles. The minimum atomic E-state index is -0.590. The molecule has 0 amide bonds. The van der Waals surface area contributed by atoms with Crippen LogP contribution in [0, 0.1) is 5.82 Å². The fourth-order valence-electron chi connectivity index (χ4n) is 1.60. The second kappa shape index (κ2) is 6.06. The number of hydrogen-bond acceptors (Lipinski definition) is 4. The van der Waals surface area contributed by atoms with Gasteiger partial charge in [-0.05, 0) is 36.4 Å². The Bertz CT molecular complexity index is 608. The minimum Gasteiger partial charge on any atom is -0.497 e. The molecule has 0 saturated heterocycles. The highest BCUT2D eigenvalue weighted by Gasteiger charge is 2.11. The third kappa shape index (κ3) is 3.06. The van der Waals surface area contributed by atoms with Gasteiger partial charge >= 0.3 is 5.97 Å². The van der Waals surface area contributed by atoms with E-state index >= 15 is 0 Å². The first-order chi connectivity index (χ1) is 9.63. The quantitative estimate of drug-likeness (QED) is 0.636. The first-order valence-electron chi connectivity index (χ1n) is 5.84. The van der Waals surface area contributed by atoms with Crippen LogP contribution in [0.1, 0.15) is 10.4 Å². The van der Waals surface area contributed by atoms with Crippen molar-refractivity contribution >= 4 is 5.97 Å². The molecule has 0 aliphatic heterocycles. The maximum atomic E-state index is 13.5. The summed E-state index contributed by atoms with van der Waals surface area (Å²) in [6.45, 7) is 0. The van der Waals surface area contributed by atoms with Crippen molar-refractivity contribution in [3.8, 4) is 17.2 Å². The van der Waals surface area contributed by atoms with Gasteiger partial charge in [-0.25, -0.2) is 9.18 Å². The molecule has 4 nitrogen and oxygen atoms in total. The average molecular weight is 276 g/mol. The van der Waals surface area contributed by atoms with Gasteiger partial charge in [0.05, 0.1) is 19.8 Å². The summed E-state index contributed by atoms with van der Waals surface area (Å²) in [5.74, 6) is -0.319. The number of halogens is 1. The summed E-state index contributed by atoms with van der Waals surface area (Å²) >= 11 is 0. The number of rotatable bonds is 4. The molecule has 0 aliphatic rings. The SMILES string of the molecule is COc1ccc(C(=O)Oc2ccc(OC)c(F)c2)cc1. The Hall–Kier alpha value is -2.56. The van der Waals surface area contributed by atoms with Gasteiger partial charge in [-0.2, -0.15) is 0 Å². The summed E-state index contributed by atoms with van der Waals surface area (Å²) < 4.78 is 28.3. The molecule has 0 unspecified atom stereocenters. The highest BCUT2D eigenvalue weighted by Crippen LogP contribution is 2.23. The topological polar surface area (TPSA) is 44.8 Å². The van der Waals surface area contributed by atoms with Crippen LogP contribution in [0.2, 0.25) is 0 Å². The predicted molar refractivity (Wildman–Crippen MR) is 70.9 cm³/mol. The van der Waals surface area contributed by atoms with Crippen LogP contribution < -0.4 is 14.2 Å². The van der Waals surface area contributed by atoms with Crippen LogP contribution in [0.4, 0.5) is 4.39 Å². The summed E-state index contributed by atoms with van der Waals surface area (Å²) in [5, 5.41) is 0. The van der Waals surface area contributed by atoms with Crippen LogP contribution in [-0.2, 0) is 0 Å². The summed E-state index contributed by atoms with van der Waals surface area (Å²) in [7, 11) is 2.90. The first kappa shape index (κ1) is 13.9. The summed E-state index contributed by atoms with van der Waals surface area (Å²) in [4.78, 5) is 11.9. The van der Waals surface area contributed by atoms with E-state index < -0.39 is 11.8 Å². The zero-order chi connectivity index (χ0) is 14.5. The molecule has 0 fully saturated rings. The normalized spacial score (nSPS) is 9.95. The maximum absolute atomic E-state index is 13.5. The van der Waals surface area contributed by atoms with Crippen LogP contribution in [0.25, 0.3) is 0 Å². The highest BCUT2D eigenvalue weighted by atomic mass is 19.1. The molecule has 0 heterocycles. The van der Waals surface area contributed by atoms with Crippen LogP contribution in [-0.4, -0.2) is 20.2 Å². The Morgan fingerprint density at radius 3 is 2.15 bits per heavy atom. The van der Waals surface area contributed by atoms with E-state index in [0.717, 1.165) is 6.07 Å². The van der Waals surface area contributed by atoms with E-state index in [1.165, 1.54) is 26.4 Å². The van der Waals surface area contributed by atoms with Crippen molar-refractivity contribution < 1.29 is 23.4 Å². The van der Waals surface area contributed by atoms with Gasteiger partial charge in [0.1, 0.15) is 11.5 Å². The number of hydrogen-bond donors (Lipinski definition) is 0. The van der Waals surface area contributed by atoms with Gasteiger partial charge in [-0.15, -0.1) is 0 Å². The van der Waals surface area contributed by atoms with E-state index in [1.807, 2.05) is 0 Å². The molecule has 0 N–H and O–H groups in total. The van der Waals surface area contributed by atoms with E-state index in [4.69, 9.17) is 14.2 Å². The van der Waals surface area contributed by atoms with Crippen molar-refractivity contribution in [2.24, 2.45) is 0 Å². The average Bonchev–Trinajstić information content (AvgIpc) is 2.47. The minimum absolute atomic E-state index is 0.0919. The van der Waals surface area contributed by atoms with Gasteiger partial charge in [-0.3, -0.25) is 0 Å².